The monoisotopic (exact) mass is 220 g/mol. The van der Waals surface area contributed by atoms with Gasteiger partial charge in [-0.1, -0.05) is 12.1 Å². The molecule has 1 aromatic rings. The summed E-state index contributed by atoms with van der Waals surface area (Å²) in [5.41, 5.74) is 7.45. The van der Waals surface area contributed by atoms with Crippen molar-refractivity contribution in [2.24, 2.45) is 0 Å². The number of amides is 1. The predicted octanol–water partition coefficient (Wildman–Crippen LogP) is -0.214. The molecular weight excluding hydrogens is 208 g/mol. The lowest BCUT2D eigenvalue weighted by molar-refractivity contribution is -0.122. The first-order chi connectivity index (χ1) is 7.63. The zero-order valence-electron chi connectivity index (χ0n) is 8.64. The molecule has 0 unspecified atom stereocenters. The van der Waals surface area contributed by atoms with E-state index in [1.165, 1.54) is 4.90 Å². The number of fused-ring (bicyclic) bond motifs is 1. The number of rotatable bonds is 3. The molecule has 1 amide bonds. The Morgan fingerprint density at radius 2 is 2.25 bits per heavy atom. The summed E-state index contributed by atoms with van der Waals surface area (Å²) in [4.78, 5) is 24.3. The van der Waals surface area contributed by atoms with Crippen molar-refractivity contribution < 1.29 is 14.7 Å². The molecule has 0 spiro atoms. The van der Waals surface area contributed by atoms with E-state index >= 15 is 0 Å². The van der Waals surface area contributed by atoms with E-state index in [9.17, 15) is 9.59 Å². The van der Waals surface area contributed by atoms with Crippen molar-refractivity contribution >= 4 is 17.4 Å². The van der Waals surface area contributed by atoms with Crippen LogP contribution in [0.2, 0.25) is 0 Å². The Kier molecular flexibility index (Phi) is 2.62. The number of carbonyl (C=O) groups is 2. The maximum atomic E-state index is 11.9. The molecule has 0 saturated heterocycles. The van der Waals surface area contributed by atoms with Crippen LogP contribution in [0.1, 0.15) is 15.9 Å². The molecule has 1 heterocycles. The summed E-state index contributed by atoms with van der Waals surface area (Å²) >= 11 is 0. The molecule has 0 aromatic heterocycles. The van der Waals surface area contributed by atoms with E-state index in [2.05, 4.69) is 0 Å². The van der Waals surface area contributed by atoms with Crippen LogP contribution >= 0.6 is 0 Å². The van der Waals surface area contributed by atoms with Crippen molar-refractivity contribution in [3.63, 3.8) is 0 Å². The summed E-state index contributed by atoms with van der Waals surface area (Å²) < 4.78 is 0. The number of nitrogen functional groups attached to an aromatic ring is 1. The molecule has 5 nitrogen and oxygen atoms in total. The molecule has 5 heteroatoms. The second-order valence-corrected chi connectivity index (χ2v) is 3.74. The van der Waals surface area contributed by atoms with Gasteiger partial charge in [-0.05, 0) is 11.6 Å². The Balaban J connectivity index is 2.25. The van der Waals surface area contributed by atoms with Gasteiger partial charge in [-0.3, -0.25) is 9.59 Å². The van der Waals surface area contributed by atoms with Gasteiger partial charge in [-0.2, -0.15) is 0 Å². The summed E-state index contributed by atoms with van der Waals surface area (Å²) in [5, 5.41) is 8.64. The van der Waals surface area contributed by atoms with Gasteiger partial charge in [0.05, 0.1) is 12.1 Å². The van der Waals surface area contributed by atoms with Crippen LogP contribution in [0.3, 0.4) is 0 Å². The standard InChI is InChI=1S/C11H12N2O3/c12-9-3-1-2-7-4-13(5-8(15)6-14)11(16)10(7)9/h1-3,14H,4-6,12H2. The third-order valence-electron chi connectivity index (χ3n) is 2.59. The lowest BCUT2D eigenvalue weighted by Gasteiger charge is -2.13. The minimum absolute atomic E-state index is 0.0660. The molecule has 2 rings (SSSR count). The van der Waals surface area contributed by atoms with Gasteiger partial charge in [0, 0.05) is 12.2 Å². The average molecular weight is 220 g/mol. The highest BCUT2D eigenvalue weighted by Crippen LogP contribution is 2.26. The zero-order chi connectivity index (χ0) is 11.7. The molecule has 84 valence electrons. The lowest BCUT2D eigenvalue weighted by atomic mass is 10.1. The van der Waals surface area contributed by atoms with E-state index in [0.717, 1.165) is 5.56 Å². The topological polar surface area (TPSA) is 83.6 Å². The van der Waals surface area contributed by atoms with Gasteiger partial charge in [0.1, 0.15) is 6.61 Å². The lowest BCUT2D eigenvalue weighted by Crippen LogP contribution is -2.31. The molecular formula is C11H12N2O3. The summed E-state index contributed by atoms with van der Waals surface area (Å²) in [6.45, 7) is -0.232. The smallest absolute Gasteiger partial charge is 0.256 e. The number of benzene rings is 1. The number of hydrogen-bond acceptors (Lipinski definition) is 4. The van der Waals surface area contributed by atoms with Gasteiger partial charge in [-0.25, -0.2) is 0 Å². The number of carbonyl (C=O) groups excluding carboxylic acids is 2. The maximum absolute atomic E-state index is 11.9. The van der Waals surface area contributed by atoms with Crippen molar-refractivity contribution in [1.29, 1.82) is 0 Å². The summed E-state index contributed by atoms with van der Waals surface area (Å²) in [5.74, 6) is -0.616. The number of nitrogens with zero attached hydrogens (tertiary/aromatic N) is 1. The molecule has 1 aromatic carbocycles. The molecule has 16 heavy (non-hydrogen) atoms. The molecule has 0 atom stereocenters. The van der Waals surface area contributed by atoms with Crippen LogP contribution in [0.15, 0.2) is 18.2 Å². The van der Waals surface area contributed by atoms with Crippen molar-refractivity contribution in [2.75, 3.05) is 18.9 Å². The third-order valence-corrected chi connectivity index (χ3v) is 2.59. The van der Waals surface area contributed by atoms with Gasteiger partial charge < -0.3 is 15.7 Å². The maximum Gasteiger partial charge on any atom is 0.256 e. The number of nitrogens with two attached hydrogens (primary N) is 1. The number of Topliss-reactive ketones (excluding diaryl/α,β-unsaturated/α-hetero) is 1. The molecule has 3 N–H and O–H groups in total. The third kappa shape index (κ3) is 1.65. The van der Waals surface area contributed by atoms with Gasteiger partial charge in [-0.15, -0.1) is 0 Å². The quantitative estimate of drug-likeness (QED) is 0.690. The summed E-state index contributed by atoms with van der Waals surface area (Å²) in [6.07, 6.45) is 0. The first kappa shape index (κ1) is 10.6. The number of anilines is 1. The van der Waals surface area contributed by atoms with E-state index in [4.69, 9.17) is 10.8 Å². The Labute approximate surface area is 92.5 Å². The van der Waals surface area contributed by atoms with E-state index < -0.39 is 6.61 Å². The highest BCUT2D eigenvalue weighted by Gasteiger charge is 2.29. The molecule has 1 aliphatic rings. The zero-order valence-corrected chi connectivity index (χ0v) is 8.64. The largest absolute Gasteiger partial charge is 0.398 e. The van der Waals surface area contributed by atoms with E-state index in [1.54, 1.807) is 12.1 Å². The fraction of sp³-hybridized carbons (Fsp3) is 0.273. The minimum Gasteiger partial charge on any atom is -0.398 e. The van der Waals surface area contributed by atoms with Crippen LogP contribution in [0.25, 0.3) is 0 Å². The molecule has 0 radical (unpaired) electrons. The Morgan fingerprint density at radius 3 is 2.88 bits per heavy atom. The van der Waals surface area contributed by atoms with Gasteiger partial charge in [0.2, 0.25) is 0 Å². The normalized spacial score (nSPS) is 14.1. The Bertz CT molecular complexity index is 457. The van der Waals surface area contributed by atoms with Gasteiger partial charge in [0.25, 0.3) is 5.91 Å². The van der Waals surface area contributed by atoms with Crippen LogP contribution in [0.5, 0.6) is 0 Å². The second-order valence-electron chi connectivity index (χ2n) is 3.74. The summed E-state index contributed by atoms with van der Waals surface area (Å²) in [7, 11) is 0. The molecule has 1 aliphatic heterocycles. The summed E-state index contributed by atoms with van der Waals surface area (Å²) in [6, 6.07) is 5.25. The SMILES string of the molecule is Nc1cccc2c1C(=O)N(CC(=O)CO)C2. The van der Waals surface area contributed by atoms with Crippen molar-refractivity contribution in [3.05, 3.63) is 29.3 Å². The Morgan fingerprint density at radius 1 is 1.50 bits per heavy atom. The van der Waals surface area contributed by atoms with Gasteiger partial charge in [0.15, 0.2) is 5.78 Å². The van der Waals surface area contributed by atoms with E-state index in [0.29, 0.717) is 17.8 Å². The van der Waals surface area contributed by atoms with Crippen molar-refractivity contribution in [2.45, 2.75) is 6.54 Å². The minimum atomic E-state index is -0.546. The fourth-order valence-electron chi connectivity index (χ4n) is 1.84. The van der Waals surface area contributed by atoms with Crippen LogP contribution in [-0.4, -0.2) is 34.8 Å². The second kappa shape index (κ2) is 3.94. The van der Waals surface area contributed by atoms with Crippen LogP contribution in [0.4, 0.5) is 5.69 Å². The number of aliphatic hydroxyl groups excluding tert-OH is 1. The van der Waals surface area contributed by atoms with E-state index in [1.807, 2.05) is 6.07 Å². The first-order valence-corrected chi connectivity index (χ1v) is 4.92. The highest BCUT2D eigenvalue weighted by atomic mass is 16.3. The molecule has 0 saturated carbocycles. The van der Waals surface area contributed by atoms with Crippen LogP contribution in [-0.2, 0) is 11.3 Å². The van der Waals surface area contributed by atoms with Crippen LogP contribution in [0, 0.1) is 0 Å². The van der Waals surface area contributed by atoms with E-state index in [-0.39, 0.29) is 18.2 Å². The average Bonchev–Trinajstić information content (AvgIpc) is 2.57. The van der Waals surface area contributed by atoms with Crippen molar-refractivity contribution in [3.8, 4) is 0 Å². The fourth-order valence-corrected chi connectivity index (χ4v) is 1.84. The van der Waals surface area contributed by atoms with Crippen molar-refractivity contribution in [1.82, 2.24) is 4.90 Å². The molecule has 0 fully saturated rings. The Hall–Kier alpha value is -1.88. The number of hydrogen-bond donors (Lipinski definition) is 2. The number of aliphatic hydroxyl groups is 1. The molecule has 0 bridgehead atoms. The van der Waals surface area contributed by atoms with Crippen LogP contribution < -0.4 is 5.73 Å². The first-order valence-electron chi connectivity index (χ1n) is 4.92. The molecule has 0 aliphatic carbocycles. The highest BCUT2D eigenvalue weighted by molar-refractivity contribution is 6.04. The predicted molar refractivity (Wildman–Crippen MR) is 57.7 cm³/mol. The van der Waals surface area contributed by atoms with Gasteiger partial charge >= 0.3 is 0 Å². The number of ketones is 1.